The van der Waals surface area contributed by atoms with Gasteiger partial charge in [0.25, 0.3) is 0 Å². The third-order valence-electron chi connectivity index (χ3n) is 2.54. The minimum Gasteiger partial charge on any atom is -0.392 e. The zero-order chi connectivity index (χ0) is 6.27. The molecule has 1 nitrogen and oxygen atoms in total. The number of rotatable bonds is 0. The summed E-state index contributed by atoms with van der Waals surface area (Å²) in [4.78, 5) is 0. The van der Waals surface area contributed by atoms with Gasteiger partial charge in [-0.1, -0.05) is 12.2 Å². The Morgan fingerprint density at radius 3 is 2.33 bits per heavy atom. The second kappa shape index (κ2) is 1.84. The second-order valence-corrected chi connectivity index (χ2v) is 3.19. The van der Waals surface area contributed by atoms with Crippen molar-refractivity contribution in [2.45, 2.75) is 25.4 Å². The van der Waals surface area contributed by atoms with Crippen LogP contribution in [0.4, 0.5) is 0 Å². The molecular formula is C8H12O. The SMILES string of the molecule is O[C@@H]1C[C@H]2C=C[C@@H]1CC2. The van der Waals surface area contributed by atoms with Crippen LogP contribution < -0.4 is 0 Å². The third kappa shape index (κ3) is 0.799. The maximum atomic E-state index is 9.35. The highest BCUT2D eigenvalue weighted by atomic mass is 16.3. The Hall–Kier alpha value is -0.300. The van der Waals surface area contributed by atoms with Crippen LogP contribution in [0, 0.1) is 11.8 Å². The smallest absolute Gasteiger partial charge is 0.0608 e. The molecule has 1 saturated carbocycles. The number of hydrogen-bond acceptors (Lipinski definition) is 1. The maximum Gasteiger partial charge on any atom is 0.0608 e. The average molecular weight is 124 g/mol. The molecule has 1 fully saturated rings. The summed E-state index contributed by atoms with van der Waals surface area (Å²) in [6.07, 6.45) is 7.96. The zero-order valence-electron chi connectivity index (χ0n) is 5.46. The molecule has 9 heavy (non-hydrogen) atoms. The van der Waals surface area contributed by atoms with Gasteiger partial charge in [0, 0.05) is 5.92 Å². The van der Waals surface area contributed by atoms with Crippen molar-refractivity contribution in [1.29, 1.82) is 0 Å². The summed E-state index contributed by atoms with van der Waals surface area (Å²) >= 11 is 0. The zero-order valence-corrected chi connectivity index (χ0v) is 5.46. The van der Waals surface area contributed by atoms with E-state index in [1.807, 2.05) is 0 Å². The lowest BCUT2D eigenvalue weighted by atomic mass is 9.74. The fourth-order valence-corrected chi connectivity index (χ4v) is 1.90. The average Bonchev–Trinajstić information content (AvgIpc) is 1.90. The lowest BCUT2D eigenvalue weighted by Gasteiger charge is -2.34. The van der Waals surface area contributed by atoms with Crippen molar-refractivity contribution in [3.8, 4) is 0 Å². The Morgan fingerprint density at radius 1 is 1.22 bits per heavy atom. The van der Waals surface area contributed by atoms with Crippen LogP contribution in [0.25, 0.3) is 0 Å². The molecule has 1 heteroatoms. The predicted octanol–water partition coefficient (Wildman–Crippen LogP) is 1.33. The number of allylic oxidation sites excluding steroid dienone is 1. The number of aliphatic hydroxyl groups is 1. The highest BCUT2D eigenvalue weighted by Gasteiger charge is 2.29. The van der Waals surface area contributed by atoms with E-state index in [-0.39, 0.29) is 6.10 Å². The molecule has 3 atom stereocenters. The molecule has 0 heterocycles. The van der Waals surface area contributed by atoms with Gasteiger partial charge in [0.1, 0.15) is 0 Å². The molecule has 3 rings (SSSR count). The van der Waals surface area contributed by atoms with Crippen molar-refractivity contribution in [1.82, 2.24) is 0 Å². The topological polar surface area (TPSA) is 20.2 Å². The van der Waals surface area contributed by atoms with Gasteiger partial charge in [0.2, 0.25) is 0 Å². The predicted molar refractivity (Wildman–Crippen MR) is 36.0 cm³/mol. The molecule has 0 spiro atoms. The van der Waals surface area contributed by atoms with Crippen LogP contribution in [-0.4, -0.2) is 11.2 Å². The molecule has 3 aliphatic rings. The lowest BCUT2D eigenvalue weighted by Crippen LogP contribution is -2.31. The third-order valence-corrected chi connectivity index (χ3v) is 2.54. The molecule has 0 aliphatic heterocycles. The van der Waals surface area contributed by atoms with E-state index in [0.717, 1.165) is 6.42 Å². The van der Waals surface area contributed by atoms with Crippen LogP contribution in [0.1, 0.15) is 19.3 Å². The molecule has 0 saturated heterocycles. The molecule has 50 valence electrons. The standard InChI is InChI=1S/C8H12O/c9-8-5-6-1-3-7(8)4-2-6/h1,3,6-9H,2,4-5H2/t6-,7+,8+/m0/s1. The van der Waals surface area contributed by atoms with Gasteiger partial charge in [-0.05, 0) is 25.2 Å². The van der Waals surface area contributed by atoms with Crippen molar-refractivity contribution in [2.24, 2.45) is 11.8 Å². The molecule has 3 aliphatic carbocycles. The van der Waals surface area contributed by atoms with Crippen LogP contribution >= 0.6 is 0 Å². The van der Waals surface area contributed by atoms with Crippen LogP contribution in [0.3, 0.4) is 0 Å². The molecular weight excluding hydrogens is 112 g/mol. The van der Waals surface area contributed by atoms with E-state index >= 15 is 0 Å². The van der Waals surface area contributed by atoms with Crippen molar-refractivity contribution >= 4 is 0 Å². The number of fused-ring (bicyclic) bond motifs is 2. The van der Waals surface area contributed by atoms with Crippen LogP contribution in [0.2, 0.25) is 0 Å². The first-order valence-electron chi connectivity index (χ1n) is 3.72. The summed E-state index contributed by atoms with van der Waals surface area (Å²) in [5, 5.41) is 9.35. The minimum absolute atomic E-state index is 0.0197. The van der Waals surface area contributed by atoms with Gasteiger partial charge in [0.05, 0.1) is 6.10 Å². The quantitative estimate of drug-likeness (QED) is 0.483. The number of hydrogen-bond donors (Lipinski definition) is 1. The molecule has 0 amide bonds. The van der Waals surface area contributed by atoms with E-state index in [2.05, 4.69) is 12.2 Å². The molecule has 2 bridgehead atoms. The summed E-state index contributed by atoms with van der Waals surface area (Å²) in [5.74, 6) is 1.19. The molecule has 0 aromatic heterocycles. The van der Waals surface area contributed by atoms with Crippen molar-refractivity contribution in [2.75, 3.05) is 0 Å². The van der Waals surface area contributed by atoms with Crippen molar-refractivity contribution in [3.05, 3.63) is 12.2 Å². The number of aliphatic hydroxyl groups excluding tert-OH is 1. The Bertz CT molecular complexity index is 140. The summed E-state index contributed by atoms with van der Waals surface area (Å²) in [6.45, 7) is 0. The maximum absolute atomic E-state index is 9.35. The molecule has 0 aromatic rings. The Labute approximate surface area is 55.4 Å². The summed E-state index contributed by atoms with van der Waals surface area (Å²) in [7, 11) is 0. The van der Waals surface area contributed by atoms with E-state index in [4.69, 9.17) is 0 Å². The van der Waals surface area contributed by atoms with Gasteiger partial charge < -0.3 is 5.11 Å². The largest absolute Gasteiger partial charge is 0.392 e. The second-order valence-electron chi connectivity index (χ2n) is 3.19. The minimum atomic E-state index is -0.0197. The van der Waals surface area contributed by atoms with E-state index in [1.165, 1.54) is 12.8 Å². The monoisotopic (exact) mass is 124 g/mol. The lowest BCUT2D eigenvalue weighted by molar-refractivity contribution is 0.0667. The van der Waals surface area contributed by atoms with E-state index in [1.54, 1.807) is 0 Å². The van der Waals surface area contributed by atoms with Gasteiger partial charge in [-0.15, -0.1) is 0 Å². The van der Waals surface area contributed by atoms with Crippen molar-refractivity contribution in [3.63, 3.8) is 0 Å². The normalized spacial score (nSPS) is 47.9. The Kier molecular flexibility index (Phi) is 1.12. The van der Waals surface area contributed by atoms with Gasteiger partial charge in [0.15, 0.2) is 0 Å². The fourth-order valence-electron chi connectivity index (χ4n) is 1.90. The highest BCUT2D eigenvalue weighted by Crippen LogP contribution is 2.35. The molecule has 0 unspecified atom stereocenters. The van der Waals surface area contributed by atoms with Crippen LogP contribution in [0.5, 0.6) is 0 Å². The summed E-state index contributed by atoms with van der Waals surface area (Å²) in [6, 6.07) is 0. The van der Waals surface area contributed by atoms with Gasteiger partial charge in [-0.3, -0.25) is 0 Å². The highest BCUT2D eigenvalue weighted by molar-refractivity contribution is 5.06. The fraction of sp³-hybridized carbons (Fsp3) is 0.750. The molecule has 0 aromatic carbocycles. The van der Waals surface area contributed by atoms with E-state index in [9.17, 15) is 5.11 Å². The van der Waals surface area contributed by atoms with Crippen molar-refractivity contribution < 1.29 is 5.11 Å². The molecule has 0 radical (unpaired) electrons. The summed E-state index contributed by atoms with van der Waals surface area (Å²) < 4.78 is 0. The first kappa shape index (κ1) is 5.48. The Balaban J connectivity index is 2.20. The van der Waals surface area contributed by atoms with Gasteiger partial charge in [-0.2, -0.15) is 0 Å². The van der Waals surface area contributed by atoms with E-state index < -0.39 is 0 Å². The first-order valence-corrected chi connectivity index (χ1v) is 3.72. The van der Waals surface area contributed by atoms with Gasteiger partial charge >= 0.3 is 0 Å². The molecule has 1 N–H and O–H groups in total. The first-order chi connectivity index (χ1) is 4.36. The van der Waals surface area contributed by atoms with Gasteiger partial charge in [-0.25, -0.2) is 0 Å². The van der Waals surface area contributed by atoms with Crippen LogP contribution in [-0.2, 0) is 0 Å². The Morgan fingerprint density at radius 2 is 2.11 bits per heavy atom. The van der Waals surface area contributed by atoms with Crippen LogP contribution in [0.15, 0.2) is 12.2 Å². The van der Waals surface area contributed by atoms with E-state index in [0.29, 0.717) is 11.8 Å². The summed E-state index contributed by atoms with van der Waals surface area (Å²) in [5.41, 5.74) is 0.